The largest absolute Gasteiger partial charge is 0.302 e. The Morgan fingerprint density at radius 1 is 1.07 bits per heavy atom. The third-order valence-electron chi connectivity index (χ3n) is 5.16. The van der Waals surface area contributed by atoms with Gasteiger partial charge in [0.25, 0.3) is 5.91 Å². The normalized spacial score (nSPS) is 11.4. The van der Waals surface area contributed by atoms with Crippen molar-refractivity contribution in [2.24, 2.45) is 0 Å². The molecule has 0 bridgehead atoms. The van der Waals surface area contributed by atoms with E-state index in [9.17, 15) is 4.79 Å². The van der Waals surface area contributed by atoms with Crippen LogP contribution in [0.25, 0.3) is 10.2 Å². The summed E-state index contributed by atoms with van der Waals surface area (Å²) in [5, 5.41) is 0.778. The van der Waals surface area contributed by atoms with Gasteiger partial charge in [-0.25, -0.2) is 4.98 Å². The van der Waals surface area contributed by atoms with Gasteiger partial charge in [-0.2, -0.15) is 0 Å². The molecule has 0 aliphatic heterocycles. The van der Waals surface area contributed by atoms with E-state index < -0.39 is 0 Å². The van der Waals surface area contributed by atoms with Crippen molar-refractivity contribution in [2.45, 2.75) is 32.6 Å². The summed E-state index contributed by atoms with van der Waals surface area (Å²) in [5.74, 6) is 0.0123. The number of nitrogens with zero attached hydrogens (tertiary/aromatic N) is 3. The predicted molar refractivity (Wildman–Crippen MR) is 127 cm³/mol. The van der Waals surface area contributed by atoms with E-state index in [1.54, 1.807) is 23.1 Å². The Balaban J connectivity index is 1.97. The van der Waals surface area contributed by atoms with E-state index in [1.807, 2.05) is 35.4 Å². The van der Waals surface area contributed by atoms with Crippen molar-refractivity contribution >= 4 is 44.4 Å². The molecule has 1 aromatic heterocycles. The first-order chi connectivity index (χ1) is 14.0. The van der Waals surface area contributed by atoms with Crippen molar-refractivity contribution in [2.75, 3.05) is 37.3 Å². The van der Waals surface area contributed by atoms with Gasteiger partial charge < -0.3 is 4.90 Å². The molecule has 0 atom stereocenters. The lowest BCUT2D eigenvalue weighted by molar-refractivity contribution is 0.0983. The Bertz CT molecular complexity index is 978. The highest BCUT2D eigenvalue weighted by atomic mass is 32.2. The zero-order valence-corrected chi connectivity index (χ0v) is 19.5. The first-order valence-electron chi connectivity index (χ1n) is 10.0. The van der Waals surface area contributed by atoms with Gasteiger partial charge in [-0.1, -0.05) is 31.3 Å². The Hall–Kier alpha value is -1.89. The van der Waals surface area contributed by atoms with Crippen LogP contribution < -0.4 is 4.90 Å². The lowest BCUT2D eigenvalue weighted by Crippen LogP contribution is -2.38. The topological polar surface area (TPSA) is 36.4 Å². The molecule has 3 rings (SSSR count). The molecule has 0 radical (unpaired) electrons. The standard InChI is InChI=1S/C23H29N3OS2/c1-6-25(7-2)12-13-26(22(27)18-8-10-19(28-5)11-9-18)23-24-20-15-16(3)14-17(4)21(20)29-23/h8-11,14-15H,6-7,12-13H2,1-5H3. The molecule has 0 aliphatic carbocycles. The van der Waals surface area contributed by atoms with Gasteiger partial charge in [-0.05, 0) is 74.7 Å². The molecule has 154 valence electrons. The van der Waals surface area contributed by atoms with E-state index in [4.69, 9.17) is 4.98 Å². The van der Waals surface area contributed by atoms with E-state index in [-0.39, 0.29) is 5.91 Å². The summed E-state index contributed by atoms with van der Waals surface area (Å²) in [6.07, 6.45) is 2.04. The van der Waals surface area contributed by atoms with Crippen molar-refractivity contribution in [3.63, 3.8) is 0 Å². The van der Waals surface area contributed by atoms with Crippen LogP contribution in [0.4, 0.5) is 5.13 Å². The number of aromatic nitrogens is 1. The molecule has 0 fully saturated rings. The number of aryl methyl sites for hydroxylation is 2. The van der Waals surface area contributed by atoms with Gasteiger partial charge in [0.2, 0.25) is 0 Å². The average molecular weight is 428 g/mol. The van der Waals surface area contributed by atoms with Crippen LogP contribution in [-0.4, -0.2) is 48.2 Å². The summed E-state index contributed by atoms with van der Waals surface area (Å²) < 4.78 is 1.16. The maximum absolute atomic E-state index is 13.4. The highest BCUT2D eigenvalue weighted by molar-refractivity contribution is 7.98. The first kappa shape index (κ1) is 21.8. The number of likely N-dealkylation sites (N-methyl/N-ethyl adjacent to an activating group) is 1. The van der Waals surface area contributed by atoms with E-state index >= 15 is 0 Å². The van der Waals surface area contributed by atoms with Gasteiger partial charge in [0.1, 0.15) is 0 Å². The molecule has 0 aliphatic rings. The van der Waals surface area contributed by atoms with Crippen LogP contribution >= 0.6 is 23.1 Å². The fourth-order valence-electron chi connectivity index (χ4n) is 3.44. The van der Waals surface area contributed by atoms with Crippen LogP contribution in [-0.2, 0) is 0 Å². The minimum Gasteiger partial charge on any atom is -0.302 e. The first-order valence-corrected chi connectivity index (χ1v) is 12.1. The number of rotatable bonds is 8. The average Bonchev–Trinajstić information content (AvgIpc) is 3.15. The number of amides is 1. The highest BCUT2D eigenvalue weighted by Gasteiger charge is 2.22. The van der Waals surface area contributed by atoms with Gasteiger partial charge >= 0.3 is 0 Å². The summed E-state index contributed by atoms with van der Waals surface area (Å²) in [6.45, 7) is 11.9. The van der Waals surface area contributed by atoms with Crippen molar-refractivity contribution in [1.82, 2.24) is 9.88 Å². The Labute approximate surface area is 181 Å². The second-order valence-corrected chi connectivity index (χ2v) is 9.00. The molecule has 1 amide bonds. The second kappa shape index (κ2) is 9.74. The maximum atomic E-state index is 13.4. The quantitative estimate of drug-likeness (QED) is 0.437. The maximum Gasteiger partial charge on any atom is 0.260 e. The van der Waals surface area contributed by atoms with Crippen LogP contribution in [0.15, 0.2) is 41.3 Å². The Morgan fingerprint density at radius 3 is 2.38 bits per heavy atom. The van der Waals surface area contributed by atoms with Crippen molar-refractivity contribution in [1.29, 1.82) is 0 Å². The summed E-state index contributed by atoms with van der Waals surface area (Å²) in [5.41, 5.74) is 4.08. The summed E-state index contributed by atoms with van der Waals surface area (Å²) in [6, 6.07) is 12.1. The number of carbonyl (C=O) groups excluding carboxylic acids is 1. The molecule has 0 unspecified atom stereocenters. The fourth-order valence-corrected chi connectivity index (χ4v) is 4.88. The highest BCUT2D eigenvalue weighted by Crippen LogP contribution is 2.33. The SMILES string of the molecule is CCN(CC)CCN(C(=O)c1ccc(SC)cc1)c1nc2cc(C)cc(C)c2s1. The number of thioether (sulfide) groups is 1. The van der Waals surface area contributed by atoms with Crippen LogP contribution in [0.3, 0.4) is 0 Å². The number of benzene rings is 2. The van der Waals surface area contributed by atoms with E-state index in [0.717, 1.165) is 39.9 Å². The molecular weight excluding hydrogens is 398 g/mol. The van der Waals surface area contributed by atoms with Crippen molar-refractivity contribution in [3.8, 4) is 0 Å². The Kier molecular flexibility index (Phi) is 7.33. The molecule has 1 heterocycles. The number of fused-ring (bicyclic) bond motifs is 1. The van der Waals surface area contributed by atoms with Gasteiger partial charge in [0.15, 0.2) is 5.13 Å². The van der Waals surface area contributed by atoms with Gasteiger partial charge in [0.05, 0.1) is 10.2 Å². The summed E-state index contributed by atoms with van der Waals surface area (Å²) in [4.78, 5) is 23.6. The molecule has 6 heteroatoms. The molecule has 3 aromatic rings. The number of hydrogen-bond donors (Lipinski definition) is 0. The van der Waals surface area contributed by atoms with Crippen LogP contribution in [0, 0.1) is 13.8 Å². The molecule has 4 nitrogen and oxygen atoms in total. The predicted octanol–water partition coefficient (Wildman–Crippen LogP) is 5.62. The van der Waals surface area contributed by atoms with Crippen LogP contribution in [0.5, 0.6) is 0 Å². The van der Waals surface area contributed by atoms with E-state index in [2.05, 4.69) is 44.7 Å². The van der Waals surface area contributed by atoms with Gasteiger partial charge in [-0.3, -0.25) is 9.69 Å². The minimum absolute atomic E-state index is 0.0123. The lowest BCUT2D eigenvalue weighted by atomic mass is 10.1. The number of thiazole rings is 1. The monoisotopic (exact) mass is 427 g/mol. The fraction of sp³-hybridized carbons (Fsp3) is 0.391. The lowest BCUT2D eigenvalue weighted by Gasteiger charge is -2.24. The molecular formula is C23H29N3OS2. The van der Waals surface area contributed by atoms with Gasteiger partial charge in [0, 0.05) is 23.5 Å². The smallest absolute Gasteiger partial charge is 0.260 e. The zero-order valence-electron chi connectivity index (χ0n) is 17.9. The number of anilines is 1. The summed E-state index contributed by atoms with van der Waals surface area (Å²) in [7, 11) is 0. The van der Waals surface area contributed by atoms with Crippen LogP contribution in [0.2, 0.25) is 0 Å². The van der Waals surface area contributed by atoms with Crippen molar-refractivity contribution < 1.29 is 4.79 Å². The Morgan fingerprint density at radius 2 is 1.76 bits per heavy atom. The number of carbonyl (C=O) groups is 1. The molecule has 0 saturated heterocycles. The second-order valence-electron chi connectivity index (χ2n) is 7.14. The minimum atomic E-state index is 0.0123. The van der Waals surface area contributed by atoms with E-state index in [0.29, 0.717) is 12.1 Å². The molecule has 29 heavy (non-hydrogen) atoms. The van der Waals surface area contributed by atoms with Crippen molar-refractivity contribution in [3.05, 3.63) is 53.1 Å². The molecule has 2 aromatic carbocycles. The number of hydrogen-bond acceptors (Lipinski definition) is 5. The third kappa shape index (κ3) is 5.00. The molecule has 0 saturated carbocycles. The van der Waals surface area contributed by atoms with Crippen LogP contribution in [0.1, 0.15) is 35.3 Å². The zero-order chi connectivity index (χ0) is 21.0. The summed E-state index contributed by atoms with van der Waals surface area (Å²) >= 11 is 3.29. The van der Waals surface area contributed by atoms with Gasteiger partial charge in [-0.15, -0.1) is 11.8 Å². The molecule has 0 N–H and O–H groups in total. The third-order valence-corrected chi connectivity index (χ3v) is 7.13. The van der Waals surface area contributed by atoms with E-state index in [1.165, 1.54) is 11.1 Å². The molecule has 0 spiro atoms.